The van der Waals surface area contributed by atoms with Gasteiger partial charge in [-0.2, -0.15) is 0 Å². The number of hydrogen-bond acceptors (Lipinski definition) is 4. The Morgan fingerprint density at radius 2 is 1.78 bits per heavy atom. The van der Waals surface area contributed by atoms with Gasteiger partial charge >= 0.3 is 0 Å². The summed E-state index contributed by atoms with van der Waals surface area (Å²) >= 11 is 0. The van der Waals surface area contributed by atoms with Gasteiger partial charge in [-0.1, -0.05) is 24.3 Å². The molecule has 0 heterocycles. The van der Waals surface area contributed by atoms with E-state index in [1.807, 2.05) is 6.07 Å². The molecule has 0 aliphatic heterocycles. The summed E-state index contributed by atoms with van der Waals surface area (Å²) in [5, 5.41) is 5.14. The number of nitrogens with one attached hydrogen (secondary N) is 2. The van der Waals surface area contributed by atoms with E-state index in [1.54, 1.807) is 42.5 Å². The average molecular weight is 387 g/mol. The Balaban J connectivity index is 2.01. The molecule has 0 aliphatic rings. The van der Waals surface area contributed by atoms with Crippen LogP contribution in [-0.4, -0.2) is 33.7 Å². The van der Waals surface area contributed by atoms with Crippen molar-refractivity contribution < 1.29 is 18.6 Å². The first kappa shape index (κ1) is 20.3. The highest BCUT2D eigenvalue weighted by Crippen LogP contribution is 2.12. The highest BCUT2D eigenvalue weighted by Gasteiger charge is 2.20. The summed E-state index contributed by atoms with van der Waals surface area (Å²) in [6.07, 6.45) is 0.147. The lowest BCUT2D eigenvalue weighted by Crippen LogP contribution is -2.45. The van der Waals surface area contributed by atoms with Crippen LogP contribution >= 0.6 is 0 Å². The molecule has 0 fully saturated rings. The molecule has 0 unspecified atom stereocenters. The van der Waals surface area contributed by atoms with Crippen LogP contribution in [0.5, 0.6) is 0 Å². The van der Waals surface area contributed by atoms with Gasteiger partial charge < -0.3 is 16.4 Å². The van der Waals surface area contributed by atoms with Gasteiger partial charge in [0.25, 0.3) is 5.91 Å². The van der Waals surface area contributed by atoms with Gasteiger partial charge in [0.15, 0.2) is 0 Å². The molecular weight excluding hydrogens is 366 g/mol. The summed E-state index contributed by atoms with van der Waals surface area (Å²) in [6.45, 7) is 1.36. The summed E-state index contributed by atoms with van der Waals surface area (Å²) in [5.41, 5.74) is 6.12. The molecule has 2 aromatic rings. The molecule has 7 nitrogen and oxygen atoms in total. The molecule has 3 amide bonds. The van der Waals surface area contributed by atoms with Crippen LogP contribution in [0.2, 0.25) is 0 Å². The quantitative estimate of drug-likeness (QED) is 0.635. The molecular formula is C19H21N3O4S. The lowest BCUT2D eigenvalue weighted by molar-refractivity contribution is -0.120. The highest BCUT2D eigenvalue weighted by molar-refractivity contribution is 7.85. The predicted molar refractivity (Wildman–Crippen MR) is 104 cm³/mol. The lowest BCUT2D eigenvalue weighted by Gasteiger charge is -2.16. The van der Waals surface area contributed by atoms with E-state index in [2.05, 4.69) is 10.6 Å². The van der Waals surface area contributed by atoms with Gasteiger partial charge in [0.2, 0.25) is 11.8 Å². The Hall–Kier alpha value is -3.00. The SMILES string of the molecule is CC(=O)Nc1cccc(C(=O)N[C@H](CC[S@@](=O)c2ccccc2)C(N)=O)c1. The number of carbonyl (C=O) groups is 3. The Labute approximate surface area is 159 Å². The first-order chi connectivity index (χ1) is 12.9. The zero-order valence-corrected chi connectivity index (χ0v) is 15.6. The Kier molecular flexibility index (Phi) is 7.25. The monoisotopic (exact) mass is 387 g/mol. The van der Waals surface area contributed by atoms with Gasteiger partial charge in [-0.15, -0.1) is 0 Å². The summed E-state index contributed by atoms with van der Waals surface area (Å²) in [6, 6.07) is 14.2. The number of primary amides is 1. The highest BCUT2D eigenvalue weighted by atomic mass is 32.2. The maximum absolute atomic E-state index is 12.4. The van der Waals surface area contributed by atoms with Crippen LogP contribution in [0.4, 0.5) is 5.69 Å². The van der Waals surface area contributed by atoms with E-state index in [4.69, 9.17) is 5.73 Å². The van der Waals surface area contributed by atoms with E-state index >= 15 is 0 Å². The van der Waals surface area contributed by atoms with E-state index < -0.39 is 28.7 Å². The molecule has 2 aromatic carbocycles. The van der Waals surface area contributed by atoms with Crippen molar-refractivity contribution in [2.45, 2.75) is 24.3 Å². The van der Waals surface area contributed by atoms with Crippen molar-refractivity contribution in [2.24, 2.45) is 5.73 Å². The molecule has 4 N–H and O–H groups in total. The minimum atomic E-state index is -1.30. The Morgan fingerprint density at radius 3 is 2.41 bits per heavy atom. The van der Waals surface area contributed by atoms with E-state index in [9.17, 15) is 18.6 Å². The van der Waals surface area contributed by atoms with E-state index in [1.165, 1.54) is 13.0 Å². The van der Waals surface area contributed by atoms with Crippen LogP contribution in [0.15, 0.2) is 59.5 Å². The van der Waals surface area contributed by atoms with Crippen LogP contribution in [0, 0.1) is 0 Å². The lowest BCUT2D eigenvalue weighted by atomic mass is 10.1. The van der Waals surface area contributed by atoms with Gasteiger partial charge in [-0.3, -0.25) is 18.6 Å². The minimum absolute atomic E-state index is 0.147. The summed E-state index contributed by atoms with van der Waals surface area (Å²) in [5.74, 6) is -1.28. The molecule has 0 aliphatic carbocycles. The van der Waals surface area contributed by atoms with E-state index in [-0.39, 0.29) is 23.6 Å². The van der Waals surface area contributed by atoms with E-state index in [0.29, 0.717) is 10.6 Å². The van der Waals surface area contributed by atoms with Crippen LogP contribution in [-0.2, 0) is 20.4 Å². The maximum Gasteiger partial charge on any atom is 0.252 e. The van der Waals surface area contributed by atoms with Crippen LogP contribution in [0.3, 0.4) is 0 Å². The van der Waals surface area contributed by atoms with Crippen molar-refractivity contribution in [3.63, 3.8) is 0 Å². The number of carbonyl (C=O) groups excluding carboxylic acids is 3. The van der Waals surface area contributed by atoms with Crippen molar-refractivity contribution in [3.8, 4) is 0 Å². The van der Waals surface area contributed by atoms with Crippen LogP contribution < -0.4 is 16.4 Å². The summed E-state index contributed by atoms with van der Waals surface area (Å²) < 4.78 is 12.3. The number of hydrogen-bond donors (Lipinski definition) is 3. The second-order valence-electron chi connectivity index (χ2n) is 5.84. The first-order valence-corrected chi connectivity index (χ1v) is 9.60. The van der Waals surface area contributed by atoms with Gasteiger partial charge in [-0.05, 0) is 36.8 Å². The van der Waals surface area contributed by atoms with E-state index in [0.717, 1.165) is 0 Å². The molecule has 2 atom stereocenters. The molecule has 27 heavy (non-hydrogen) atoms. The third-order valence-electron chi connectivity index (χ3n) is 3.69. The van der Waals surface area contributed by atoms with Gasteiger partial charge in [0, 0.05) is 28.8 Å². The maximum atomic E-state index is 12.4. The topological polar surface area (TPSA) is 118 Å². The van der Waals surface area contributed by atoms with Crippen molar-refractivity contribution in [2.75, 3.05) is 11.1 Å². The number of benzene rings is 2. The molecule has 0 saturated carbocycles. The fourth-order valence-electron chi connectivity index (χ4n) is 2.38. The van der Waals surface area contributed by atoms with Crippen molar-refractivity contribution >= 4 is 34.2 Å². The number of nitrogens with two attached hydrogens (primary N) is 1. The third-order valence-corrected chi connectivity index (χ3v) is 5.10. The molecule has 0 saturated heterocycles. The average Bonchev–Trinajstić information content (AvgIpc) is 2.64. The van der Waals surface area contributed by atoms with Crippen LogP contribution in [0.1, 0.15) is 23.7 Å². The molecule has 0 bridgehead atoms. The van der Waals surface area contributed by atoms with Gasteiger partial charge in [0.1, 0.15) is 6.04 Å². The smallest absolute Gasteiger partial charge is 0.252 e. The molecule has 2 rings (SSSR count). The zero-order valence-electron chi connectivity index (χ0n) is 14.8. The molecule has 0 radical (unpaired) electrons. The summed E-state index contributed by atoms with van der Waals surface area (Å²) in [4.78, 5) is 35.9. The normalized spacial score (nSPS) is 12.6. The fraction of sp³-hybridized carbons (Fsp3) is 0.211. The molecule has 142 valence electrons. The minimum Gasteiger partial charge on any atom is -0.368 e. The zero-order chi connectivity index (χ0) is 19.8. The van der Waals surface area contributed by atoms with Gasteiger partial charge in [0.05, 0.1) is 10.8 Å². The largest absolute Gasteiger partial charge is 0.368 e. The third kappa shape index (κ3) is 6.34. The second kappa shape index (κ2) is 9.63. The molecule has 0 aromatic heterocycles. The fourth-order valence-corrected chi connectivity index (χ4v) is 3.53. The Bertz CT molecular complexity index is 855. The molecule has 8 heteroatoms. The molecule has 0 spiro atoms. The first-order valence-electron chi connectivity index (χ1n) is 8.28. The van der Waals surface area contributed by atoms with Crippen molar-refractivity contribution in [1.29, 1.82) is 0 Å². The number of amides is 3. The van der Waals surface area contributed by atoms with Crippen molar-refractivity contribution in [1.82, 2.24) is 5.32 Å². The second-order valence-corrected chi connectivity index (χ2v) is 7.41. The van der Waals surface area contributed by atoms with Gasteiger partial charge in [-0.25, -0.2) is 0 Å². The standard InChI is InChI=1S/C19H21N3O4S/c1-13(23)21-15-7-5-6-14(12-15)19(25)22-17(18(20)24)10-11-27(26)16-8-3-2-4-9-16/h2-9,12,17H,10-11H2,1H3,(H2,20,24)(H,21,23)(H,22,25)/t17-,27-/m1/s1. The number of rotatable bonds is 8. The summed E-state index contributed by atoms with van der Waals surface area (Å²) in [7, 11) is -1.30. The van der Waals surface area contributed by atoms with Crippen LogP contribution in [0.25, 0.3) is 0 Å². The Morgan fingerprint density at radius 1 is 1.07 bits per heavy atom. The van der Waals surface area contributed by atoms with Crippen molar-refractivity contribution in [3.05, 3.63) is 60.2 Å². The predicted octanol–water partition coefficient (Wildman–Crippen LogP) is 1.43. The number of anilines is 1.